The van der Waals surface area contributed by atoms with Crippen LogP contribution >= 0.6 is 0 Å². The molecule has 5 nitrogen and oxygen atoms in total. The minimum atomic E-state index is -4.84. The molecule has 0 radical (unpaired) electrons. The summed E-state index contributed by atoms with van der Waals surface area (Å²) in [5.41, 5.74) is -0.235. The van der Waals surface area contributed by atoms with Gasteiger partial charge >= 0.3 is 16.1 Å². The molecule has 0 saturated heterocycles. The standard InChI is InChI=1S/C14H9F3O5S/c1-21-14(18)8-4-2-3-5-10(8)22-23(19,20)11-7-6-9(15)12(16)13(11)17/h2-7H,1H3. The predicted octanol–water partition coefficient (Wildman–Crippen LogP) is 2.66. The molecular weight excluding hydrogens is 337 g/mol. The Labute approximate surface area is 129 Å². The Balaban J connectivity index is 2.48. The van der Waals surface area contributed by atoms with Gasteiger partial charge in [-0.25, -0.2) is 18.0 Å². The van der Waals surface area contributed by atoms with E-state index in [-0.39, 0.29) is 5.56 Å². The zero-order chi connectivity index (χ0) is 17.2. The van der Waals surface area contributed by atoms with Crippen LogP contribution in [0.1, 0.15) is 10.4 Å². The number of rotatable bonds is 4. The molecule has 9 heteroatoms. The van der Waals surface area contributed by atoms with E-state index in [1.54, 1.807) is 0 Å². The van der Waals surface area contributed by atoms with Crippen LogP contribution in [0, 0.1) is 17.5 Å². The number of para-hydroxylation sites is 1. The summed E-state index contributed by atoms with van der Waals surface area (Å²) >= 11 is 0. The van der Waals surface area contributed by atoms with Gasteiger partial charge in [0.1, 0.15) is 10.5 Å². The highest BCUT2D eigenvalue weighted by molar-refractivity contribution is 7.87. The average molecular weight is 346 g/mol. The number of halogens is 3. The number of hydrogen-bond donors (Lipinski definition) is 0. The zero-order valence-corrected chi connectivity index (χ0v) is 12.4. The molecule has 0 heterocycles. The number of carbonyl (C=O) groups excluding carboxylic acids is 1. The van der Waals surface area contributed by atoms with Crippen LogP contribution in [0.2, 0.25) is 0 Å². The van der Waals surface area contributed by atoms with E-state index in [0.717, 1.165) is 13.2 Å². The van der Waals surface area contributed by atoms with E-state index in [9.17, 15) is 26.4 Å². The highest BCUT2D eigenvalue weighted by Crippen LogP contribution is 2.26. The smallest absolute Gasteiger partial charge is 0.342 e. The minimum Gasteiger partial charge on any atom is -0.465 e. The second kappa shape index (κ2) is 6.29. The van der Waals surface area contributed by atoms with Crippen molar-refractivity contribution >= 4 is 16.1 Å². The van der Waals surface area contributed by atoms with Crippen LogP contribution < -0.4 is 4.18 Å². The van der Waals surface area contributed by atoms with Gasteiger partial charge in [0.25, 0.3) is 0 Å². The van der Waals surface area contributed by atoms with Gasteiger partial charge in [-0.15, -0.1) is 0 Å². The first-order chi connectivity index (χ1) is 10.8. The highest BCUT2D eigenvalue weighted by Gasteiger charge is 2.27. The van der Waals surface area contributed by atoms with Gasteiger partial charge in [0.15, 0.2) is 23.2 Å². The monoisotopic (exact) mass is 346 g/mol. The van der Waals surface area contributed by atoms with Crippen molar-refractivity contribution in [2.75, 3.05) is 7.11 Å². The first-order valence-electron chi connectivity index (χ1n) is 6.03. The molecule has 0 aliphatic carbocycles. The third-order valence-electron chi connectivity index (χ3n) is 2.76. The second-order valence-electron chi connectivity index (χ2n) is 4.20. The van der Waals surface area contributed by atoms with E-state index in [0.29, 0.717) is 12.1 Å². The van der Waals surface area contributed by atoms with Crippen LogP contribution in [0.5, 0.6) is 5.75 Å². The third kappa shape index (κ3) is 3.29. The third-order valence-corrected chi connectivity index (χ3v) is 4.01. The summed E-state index contributed by atoms with van der Waals surface area (Å²) < 4.78 is 72.9. The van der Waals surface area contributed by atoms with Crippen molar-refractivity contribution in [3.8, 4) is 5.75 Å². The molecule has 0 atom stereocenters. The van der Waals surface area contributed by atoms with Gasteiger partial charge in [0, 0.05) is 0 Å². The van der Waals surface area contributed by atoms with Gasteiger partial charge in [0.2, 0.25) is 0 Å². The Kier molecular flexibility index (Phi) is 4.60. The molecule has 0 bridgehead atoms. The highest BCUT2D eigenvalue weighted by atomic mass is 32.2. The van der Waals surface area contributed by atoms with Gasteiger partial charge in [0.05, 0.1) is 7.11 Å². The van der Waals surface area contributed by atoms with Gasteiger partial charge in [-0.05, 0) is 24.3 Å². The van der Waals surface area contributed by atoms with Crippen molar-refractivity contribution in [1.29, 1.82) is 0 Å². The van der Waals surface area contributed by atoms with Crippen LogP contribution in [-0.2, 0) is 14.9 Å². The van der Waals surface area contributed by atoms with Crippen LogP contribution in [-0.4, -0.2) is 21.5 Å². The maximum Gasteiger partial charge on any atom is 0.342 e. The summed E-state index contributed by atoms with van der Waals surface area (Å²) in [4.78, 5) is 10.3. The molecule has 0 fully saturated rings. The Morgan fingerprint density at radius 1 is 1.00 bits per heavy atom. The summed E-state index contributed by atoms with van der Waals surface area (Å²) in [6, 6.07) is 6.09. The summed E-state index contributed by atoms with van der Waals surface area (Å²) in [7, 11) is -3.76. The van der Waals surface area contributed by atoms with Gasteiger partial charge < -0.3 is 8.92 Å². The zero-order valence-electron chi connectivity index (χ0n) is 11.5. The molecular formula is C14H9F3O5S. The van der Waals surface area contributed by atoms with Crippen molar-refractivity contribution in [3.05, 3.63) is 59.4 Å². The largest absolute Gasteiger partial charge is 0.465 e. The molecule has 0 unspecified atom stereocenters. The van der Waals surface area contributed by atoms with Crippen molar-refractivity contribution in [2.45, 2.75) is 4.90 Å². The van der Waals surface area contributed by atoms with Gasteiger partial charge in [-0.2, -0.15) is 8.42 Å². The van der Waals surface area contributed by atoms with E-state index in [1.807, 2.05) is 0 Å². The fourth-order valence-corrected chi connectivity index (χ4v) is 2.70. The topological polar surface area (TPSA) is 69.7 Å². The number of benzene rings is 2. The lowest BCUT2D eigenvalue weighted by atomic mass is 10.2. The van der Waals surface area contributed by atoms with E-state index in [4.69, 9.17) is 0 Å². The van der Waals surface area contributed by atoms with Crippen molar-refractivity contribution in [2.24, 2.45) is 0 Å². The molecule has 2 aromatic rings. The molecule has 23 heavy (non-hydrogen) atoms. The molecule has 0 saturated carbocycles. The van der Waals surface area contributed by atoms with Crippen LogP contribution in [0.25, 0.3) is 0 Å². The molecule has 2 rings (SSSR count). The normalized spacial score (nSPS) is 11.1. The quantitative estimate of drug-likeness (QED) is 0.484. The van der Waals surface area contributed by atoms with E-state index in [2.05, 4.69) is 8.92 Å². The summed E-state index contributed by atoms with van der Waals surface area (Å²) in [6.07, 6.45) is 0. The SMILES string of the molecule is COC(=O)c1ccccc1OS(=O)(=O)c1ccc(F)c(F)c1F. The number of ether oxygens (including phenoxy) is 1. The first kappa shape index (κ1) is 16.8. The predicted molar refractivity (Wildman–Crippen MR) is 71.9 cm³/mol. The minimum absolute atomic E-state index is 0.235. The van der Waals surface area contributed by atoms with Crippen LogP contribution in [0.15, 0.2) is 41.3 Å². The average Bonchev–Trinajstić information content (AvgIpc) is 2.51. The molecule has 0 amide bonds. The molecule has 0 N–H and O–H groups in total. The fraction of sp³-hybridized carbons (Fsp3) is 0.0714. The maximum atomic E-state index is 13.6. The molecule has 2 aromatic carbocycles. The Morgan fingerprint density at radius 2 is 1.65 bits per heavy atom. The van der Waals surface area contributed by atoms with E-state index < -0.39 is 44.2 Å². The Hall–Kier alpha value is -2.55. The van der Waals surface area contributed by atoms with E-state index in [1.165, 1.54) is 18.2 Å². The summed E-state index contributed by atoms with van der Waals surface area (Å²) in [5, 5.41) is 0. The van der Waals surface area contributed by atoms with Crippen molar-refractivity contribution in [3.63, 3.8) is 0 Å². The molecule has 0 spiro atoms. The number of carbonyl (C=O) groups is 1. The number of methoxy groups -OCH3 is 1. The maximum absolute atomic E-state index is 13.6. The lowest BCUT2D eigenvalue weighted by Crippen LogP contribution is -2.15. The Morgan fingerprint density at radius 3 is 2.30 bits per heavy atom. The number of esters is 1. The molecule has 122 valence electrons. The molecule has 0 aromatic heterocycles. The van der Waals surface area contributed by atoms with E-state index >= 15 is 0 Å². The van der Waals surface area contributed by atoms with Crippen molar-refractivity contribution in [1.82, 2.24) is 0 Å². The lowest BCUT2D eigenvalue weighted by molar-refractivity contribution is 0.0599. The summed E-state index contributed by atoms with van der Waals surface area (Å²) in [5.74, 6) is -6.74. The first-order valence-corrected chi connectivity index (χ1v) is 7.44. The van der Waals surface area contributed by atoms with Crippen LogP contribution in [0.4, 0.5) is 13.2 Å². The van der Waals surface area contributed by atoms with Gasteiger partial charge in [-0.3, -0.25) is 0 Å². The summed E-state index contributed by atoms with van der Waals surface area (Å²) in [6.45, 7) is 0. The molecule has 0 aliphatic rings. The fourth-order valence-electron chi connectivity index (χ4n) is 1.68. The Bertz CT molecular complexity index is 865. The molecule has 0 aliphatic heterocycles. The lowest BCUT2D eigenvalue weighted by Gasteiger charge is -2.11. The van der Waals surface area contributed by atoms with Crippen LogP contribution in [0.3, 0.4) is 0 Å². The number of hydrogen-bond acceptors (Lipinski definition) is 5. The van der Waals surface area contributed by atoms with Gasteiger partial charge in [-0.1, -0.05) is 12.1 Å². The second-order valence-corrected chi connectivity index (χ2v) is 5.71. The van der Waals surface area contributed by atoms with Crippen molar-refractivity contribution < 1.29 is 35.3 Å².